The van der Waals surface area contributed by atoms with Crippen LogP contribution in [-0.2, 0) is 4.79 Å². The average Bonchev–Trinajstić information content (AvgIpc) is 2.13. The Labute approximate surface area is 79.8 Å². The first-order valence-electron chi connectivity index (χ1n) is 4.77. The van der Waals surface area contributed by atoms with E-state index in [-0.39, 0.29) is 5.54 Å². The fraction of sp³-hybridized carbons (Fsp3) is 0.700. The maximum absolute atomic E-state index is 10.2. The molecule has 3 heteroatoms. The number of carboxylic acids is 1. The standard InChI is InChI=1S/C10H19NO2/c1-4-10(5-2,6-3)11-8-7-9(12)13/h7-8,11H,4-6H2,1-3H3,(H,12,13)/b8-7+. The Bertz CT molecular complexity index is 175. The zero-order valence-electron chi connectivity index (χ0n) is 8.63. The lowest BCUT2D eigenvalue weighted by Gasteiger charge is -2.30. The minimum absolute atomic E-state index is 0.0615. The van der Waals surface area contributed by atoms with Crippen molar-refractivity contribution in [3.63, 3.8) is 0 Å². The first-order valence-corrected chi connectivity index (χ1v) is 4.77. The van der Waals surface area contributed by atoms with Gasteiger partial charge < -0.3 is 10.4 Å². The van der Waals surface area contributed by atoms with Crippen molar-refractivity contribution in [2.24, 2.45) is 0 Å². The van der Waals surface area contributed by atoms with Crippen molar-refractivity contribution in [1.82, 2.24) is 5.32 Å². The number of rotatable bonds is 6. The molecule has 0 heterocycles. The van der Waals surface area contributed by atoms with Crippen LogP contribution in [0.25, 0.3) is 0 Å². The van der Waals surface area contributed by atoms with Gasteiger partial charge in [0.15, 0.2) is 0 Å². The molecule has 0 aromatic carbocycles. The van der Waals surface area contributed by atoms with Crippen molar-refractivity contribution in [2.75, 3.05) is 0 Å². The van der Waals surface area contributed by atoms with Crippen LogP contribution in [-0.4, -0.2) is 16.6 Å². The molecule has 0 atom stereocenters. The average molecular weight is 185 g/mol. The van der Waals surface area contributed by atoms with Crippen LogP contribution >= 0.6 is 0 Å². The van der Waals surface area contributed by atoms with Gasteiger partial charge >= 0.3 is 5.97 Å². The van der Waals surface area contributed by atoms with Gasteiger partial charge in [-0.3, -0.25) is 0 Å². The molecular weight excluding hydrogens is 166 g/mol. The molecule has 0 aromatic heterocycles. The molecule has 0 aromatic rings. The molecule has 76 valence electrons. The van der Waals surface area contributed by atoms with Gasteiger partial charge in [0.05, 0.1) is 0 Å². The first kappa shape index (κ1) is 12.0. The number of hydrogen-bond donors (Lipinski definition) is 2. The Morgan fingerprint density at radius 3 is 2.08 bits per heavy atom. The van der Waals surface area contributed by atoms with Crippen molar-refractivity contribution in [3.05, 3.63) is 12.3 Å². The van der Waals surface area contributed by atoms with Gasteiger partial charge in [-0.25, -0.2) is 4.79 Å². The number of carbonyl (C=O) groups is 1. The van der Waals surface area contributed by atoms with Gasteiger partial charge in [-0.2, -0.15) is 0 Å². The van der Waals surface area contributed by atoms with E-state index in [4.69, 9.17) is 5.11 Å². The molecule has 0 amide bonds. The SMILES string of the molecule is CCC(CC)(CC)N/C=C/C(=O)O. The predicted molar refractivity (Wildman–Crippen MR) is 53.5 cm³/mol. The number of aliphatic carboxylic acids is 1. The van der Waals surface area contributed by atoms with Gasteiger partial charge in [-0.1, -0.05) is 20.8 Å². The van der Waals surface area contributed by atoms with E-state index < -0.39 is 5.97 Å². The number of hydrogen-bond acceptors (Lipinski definition) is 2. The molecule has 0 saturated carbocycles. The highest BCUT2D eigenvalue weighted by atomic mass is 16.4. The van der Waals surface area contributed by atoms with Crippen molar-refractivity contribution >= 4 is 5.97 Å². The number of nitrogens with one attached hydrogen (secondary N) is 1. The summed E-state index contributed by atoms with van der Waals surface area (Å²) in [6.07, 6.45) is 5.67. The molecule has 0 saturated heterocycles. The zero-order chi connectivity index (χ0) is 10.3. The molecule has 0 unspecified atom stereocenters. The summed E-state index contributed by atoms with van der Waals surface area (Å²) in [4.78, 5) is 10.2. The molecule has 0 spiro atoms. The fourth-order valence-corrected chi connectivity index (χ4v) is 1.35. The first-order chi connectivity index (χ1) is 6.10. The second kappa shape index (κ2) is 5.62. The molecule has 0 aliphatic rings. The Morgan fingerprint density at radius 1 is 1.31 bits per heavy atom. The van der Waals surface area contributed by atoms with E-state index >= 15 is 0 Å². The van der Waals surface area contributed by atoms with Crippen LogP contribution in [0, 0.1) is 0 Å². The summed E-state index contributed by atoms with van der Waals surface area (Å²) in [6.45, 7) is 6.32. The summed E-state index contributed by atoms with van der Waals surface area (Å²) in [5.41, 5.74) is 0.0615. The van der Waals surface area contributed by atoms with Gasteiger partial charge in [0.2, 0.25) is 0 Å². The topological polar surface area (TPSA) is 49.3 Å². The normalized spacial score (nSPS) is 11.9. The smallest absolute Gasteiger partial charge is 0.329 e. The molecule has 2 N–H and O–H groups in total. The Balaban J connectivity index is 4.17. The minimum Gasteiger partial charge on any atom is -0.478 e. The second-order valence-corrected chi connectivity index (χ2v) is 3.16. The van der Waals surface area contributed by atoms with Gasteiger partial charge in [-0.15, -0.1) is 0 Å². The Morgan fingerprint density at radius 2 is 1.77 bits per heavy atom. The van der Waals surface area contributed by atoms with E-state index in [0.29, 0.717) is 0 Å². The van der Waals surface area contributed by atoms with E-state index in [1.807, 2.05) is 0 Å². The molecular formula is C10H19NO2. The molecule has 0 rings (SSSR count). The van der Waals surface area contributed by atoms with Crippen LogP contribution in [0.4, 0.5) is 0 Å². The highest BCUT2D eigenvalue weighted by molar-refractivity contribution is 5.79. The van der Waals surface area contributed by atoms with Crippen molar-refractivity contribution in [1.29, 1.82) is 0 Å². The largest absolute Gasteiger partial charge is 0.478 e. The quantitative estimate of drug-likeness (QED) is 0.623. The summed E-state index contributed by atoms with van der Waals surface area (Å²) in [5, 5.41) is 11.6. The van der Waals surface area contributed by atoms with Gasteiger partial charge in [0, 0.05) is 17.8 Å². The lowest BCUT2D eigenvalue weighted by atomic mass is 9.90. The molecule has 0 fully saturated rings. The van der Waals surface area contributed by atoms with E-state index in [0.717, 1.165) is 25.3 Å². The van der Waals surface area contributed by atoms with Crippen LogP contribution in [0.1, 0.15) is 40.0 Å². The van der Waals surface area contributed by atoms with E-state index in [1.165, 1.54) is 6.20 Å². The predicted octanol–water partition coefficient (Wildman–Crippen LogP) is 2.14. The zero-order valence-corrected chi connectivity index (χ0v) is 8.63. The lowest BCUT2D eigenvalue weighted by Crippen LogP contribution is -2.40. The molecule has 0 aliphatic carbocycles. The molecule has 0 aliphatic heterocycles. The van der Waals surface area contributed by atoms with Crippen LogP contribution in [0.5, 0.6) is 0 Å². The minimum atomic E-state index is -0.912. The van der Waals surface area contributed by atoms with Crippen molar-refractivity contribution in [3.8, 4) is 0 Å². The van der Waals surface area contributed by atoms with Crippen molar-refractivity contribution in [2.45, 2.75) is 45.6 Å². The molecule has 0 bridgehead atoms. The van der Waals surface area contributed by atoms with Gasteiger partial charge in [0.25, 0.3) is 0 Å². The molecule has 0 radical (unpaired) electrons. The third-order valence-corrected chi connectivity index (χ3v) is 2.65. The maximum Gasteiger partial charge on any atom is 0.329 e. The monoisotopic (exact) mass is 185 g/mol. The third kappa shape index (κ3) is 3.97. The van der Waals surface area contributed by atoms with E-state index in [2.05, 4.69) is 26.1 Å². The summed E-state index contributed by atoms with van der Waals surface area (Å²) in [6, 6.07) is 0. The third-order valence-electron chi connectivity index (χ3n) is 2.65. The van der Waals surface area contributed by atoms with Gasteiger partial charge in [-0.05, 0) is 19.3 Å². The lowest BCUT2D eigenvalue weighted by molar-refractivity contribution is -0.131. The Kier molecular flexibility index (Phi) is 5.19. The summed E-state index contributed by atoms with van der Waals surface area (Å²) in [5.74, 6) is -0.912. The van der Waals surface area contributed by atoms with E-state index in [9.17, 15) is 4.79 Å². The van der Waals surface area contributed by atoms with Crippen LogP contribution in [0.15, 0.2) is 12.3 Å². The van der Waals surface area contributed by atoms with Crippen LogP contribution in [0.2, 0.25) is 0 Å². The van der Waals surface area contributed by atoms with Crippen molar-refractivity contribution < 1.29 is 9.90 Å². The van der Waals surface area contributed by atoms with Crippen LogP contribution in [0.3, 0.4) is 0 Å². The maximum atomic E-state index is 10.2. The fourth-order valence-electron chi connectivity index (χ4n) is 1.35. The van der Waals surface area contributed by atoms with E-state index in [1.54, 1.807) is 0 Å². The molecule has 3 nitrogen and oxygen atoms in total. The van der Waals surface area contributed by atoms with Gasteiger partial charge in [0.1, 0.15) is 0 Å². The Hall–Kier alpha value is -0.990. The number of carboxylic acid groups (broad SMARTS) is 1. The van der Waals surface area contributed by atoms with Crippen LogP contribution < -0.4 is 5.32 Å². The highest BCUT2D eigenvalue weighted by Crippen LogP contribution is 2.18. The summed E-state index contributed by atoms with van der Waals surface area (Å²) < 4.78 is 0. The molecule has 13 heavy (non-hydrogen) atoms. The summed E-state index contributed by atoms with van der Waals surface area (Å²) in [7, 11) is 0. The highest BCUT2D eigenvalue weighted by Gasteiger charge is 2.21. The second-order valence-electron chi connectivity index (χ2n) is 3.16. The summed E-state index contributed by atoms with van der Waals surface area (Å²) >= 11 is 0.